The molecule has 94 heavy (non-hydrogen) atoms. The first kappa shape index (κ1) is 66.3. The van der Waals surface area contributed by atoms with E-state index in [1.165, 1.54) is 33.4 Å². The van der Waals surface area contributed by atoms with Crippen LogP contribution in [-0.2, 0) is 42.2 Å². The van der Waals surface area contributed by atoms with Crippen molar-refractivity contribution in [2.45, 2.75) is 194 Å². The molecule has 6 aliphatic rings. The number of nitrogens with zero attached hydrogens (tertiary/aromatic N) is 4. The van der Waals surface area contributed by atoms with E-state index in [-0.39, 0.29) is 67.3 Å². The molecule has 20 nitrogen and oxygen atoms in total. The second-order valence-corrected chi connectivity index (χ2v) is 30.7. The molecule has 6 aromatic rings. The molecule has 2 unspecified atom stereocenters. The monoisotopic (exact) mass is 1280 g/mol. The van der Waals surface area contributed by atoms with Gasteiger partial charge >= 0.3 is 0 Å². The van der Waals surface area contributed by atoms with Gasteiger partial charge in [-0.1, -0.05) is 76.0 Å². The third-order valence-corrected chi connectivity index (χ3v) is 20.0. The number of oxime groups is 4. The molecule has 2 spiro atoms. The fraction of sp³-hybridized carbons (Fsp3) is 0.459. The van der Waals surface area contributed by atoms with Crippen LogP contribution in [0.25, 0.3) is 0 Å². The Kier molecular flexibility index (Phi) is 15.7. The Morgan fingerprint density at radius 3 is 0.819 bits per heavy atom. The van der Waals surface area contributed by atoms with Crippen LogP contribution in [0.3, 0.4) is 0 Å². The molecule has 0 bridgehead atoms. The minimum atomic E-state index is -0.557. The summed E-state index contributed by atoms with van der Waals surface area (Å²) < 4.78 is 49.9. The molecule has 2 atom stereocenters. The average molecular weight is 1290 g/mol. The van der Waals surface area contributed by atoms with Gasteiger partial charge in [-0.3, -0.25) is 0 Å². The van der Waals surface area contributed by atoms with E-state index in [1.807, 2.05) is 61.5 Å². The zero-order valence-electron chi connectivity index (χ0n) is 58.5. The molecule has 2 heterocycles. The number of hydrogen-bond acceptors (Lipinski definition) is 16. The Morgan fingerprint density at radius 2 is 0.585 bits per heavy atom. The van der Waals surface area contributed by atoms with Crippen molar-refractivity contribution in [3.05, 3.63) is 138 Å². The molecule has 0 aromatic heterocycles. The maximum atomic E-state index is 9.63. The zero-order valence-corrected chi connectivity index (χ0v) is 58.5. The number of ether oxygens (including phenoxy) is 8. The standard InChI is InChI=1S/C41H54N4O6.C33H38N4O6/c1-21-22(2)32(36(43)45-51-38(6,7)8)34-33(31(21)35(42)44-50-37(3,4)5)48-29-16-24-26(18-30(29)49-34)41(20-40(24,11)12)19-39(9,10)23-15-27(46-13)28(47-14)17-25(23)41;1-15-16(2)26(30(35)37-39)28-27(25(15)29(34)36-38)42-23-10-18-20(12-24(23)43-28)33(14-32(18,5)6)13-31(3,4)17-9-21(40-7)22(41-8)11-19(17)33/h15-18H,19-20H2,1-14H3,(H2,42,44)(H2,43,45);9-12,38-39H,13-14H2,1-8H3,(H2,34,36)(H2,35,37). The van der Waals surface area contributed by atoms with E-state index in [0.717, 1.165) is 59.4 Å². The third-order valence-electron chi connectivity index (χ3n) is 20.0. The number of fused-ring (bicyclic) bond motifs is 12. The van der Waals surface area contributed by atoms with Crippen molar-refractivity contribution >= 4 is 23.3 Å². The number of amidine groups is 4. The third kappa shape index (κ3) is 10.4. The highest BCUT2D eigenvalue weighted by atomic mass is 16.7. The first-order valence-electron chi connectivity index (χ1n) is 31.8. The molecule has 12 rings (SSSR count). The topological polar surface area (TPSA) is 286 Å². The van der Waals surface area contributed by atoms with E-state index in [1.54, 1.807) is 42.3 Å². The lowest BCUT2D eigenvalue weighted by atomic mass is 9.72. The van der Waals surface area contributed by atoms with Gasteiger partial charge in [0.05, 0.1) is 50.7 Å². The van der Waals surface area contributed by atoms with Gasteiger partial charge in [0.2, 0.25) is 0 Å². The summed E-state index contributed by atoms with van der Waals surface area (Å²) in [5, 5.41) is 34.4. The molecule has 20 heteroatoms. The molecule has 0 saturated carbocycles. The molecule has 0 fully saturated rings. The minimum Gasteiger partial charge on any atom is -0.493 e. The number of rotatable bonds is 10. The quantitative estimate of drug-likeness (QED) is 0.0321. The second kappa shape index (κ2) is 22.2. The van der Waals surface area contributed by atoms with Crippen LogP contribution in [0.5, 0.6) is 69.0 Å². The van der Waals surface area contributed by atoms with Gasteiger partial charge in [0, 0.05) is 10.8 Å². The van der Waals surface area contributed by atoms with Crippen molar-refractivity contribution in [3.8, 4) is 69.0 Å². The van der Waals surface area contributed by atoms with Crippen LogP contribution >= 0.6 is 0 Å². The highest BCUT2D eigenvalue weighted by molar-refractivity contribution is 6.09. The fourth-order valence-electron chi connectivity index (χ4n) is 16.1. The van der Waals surface area contributed by atoms with Crippen LogP contribution in [0.2, 0.25) is 0 Å². The molecule has 10 N–H and O–H groups in total. The molecular formula is C74H92N8O12. The van der Waals surface area contributed by atoms with Gasteiger partial charge in [-0.05, 0) is 232 Å². The second-order valence-electron chi connectivity index (χ2n) is 30.7. The van der Waals surface area contributed by atoms with E-state index in [2.05, 4.69) is 118 Å². The normalized spacial score (nSPS) is 20.5. The van der Waals surface area contributed by atoms with Crippen molar-refractivity contribution in [2.75, 3.05) is 28.4 Å². The lowest BCUT2D eigenvalue weighted by Gasteiger charge is -2.31. The lowest BCUT2D eigenvalue weighted by Crippen LogP contribution is -2.27. The molecule has 0 saturated heterocycles. The van der Waals surface area contributed by atoms with Crippen LogP contribution < -0.4 is 60.8 Å². The van der Waals surface area contributed by atoms with Gasteiger partial charge in [-0.15, -0.1) is 0 Å². The van der Waals surface area contributed by atoms with Crippen LogP contribution in [0.1, 0.15) is 212 Å². The summed E-state index contributed by atoms with van der Waals surface area (Å²) in [4.78, 5) is 11.5. The Bertz CT molecular complexity index is 4310. The first-order chi connectivity index (χ1) is 43.8. The molecule has 500 valence electrons. The van der Waals surface area contributed by atoms with Gasteiger partial charge in [-0.2, -0.15) is 0 Å². The molecule has 2 aliphatic heterocycles. The SMILES string of the molecule is COc1cc2c(cc1OC)C1(CC2(C)C)CC(C)(C)c2cc3c(cc21)Oc1c(c(/C(N)=N/O)c(C)c(C)c1/C(N)=N/O)O3.COc1cc2c(cc1OC)C1(CC2(C)C)CC(C)(C)c2cc3c(cc21)Oc1c(c(/C(N)=N/OC(C)(C)C)c(C)c(C)c1/C(N)=N/OC(C)(C)C)O3. The predicted molar refractivity (Wildman–Crippen MR) is 364 cm³/mol. The molecular weight excluding hydrogens is 1190 g/mol. The van der Waals surface area contributed by atoms with Gasteiger partial charge in [0.1, 0.15) is 11.2 Å². The summed E-state index contributed by atoms with van der Waals surface area (Å²) in [7, 11) is 6.69. The maximum absolute atomic E-state index is 9.63. The van der Waals surface area contributed by atoms with Crippen LogP contribution in [0, 0.1) is 27.7 Å². The van der Waals surface area contributed by atoms with E-state index in [4.69, 9.17) is 70.5 Å². The van der Waals surface area contributed by atoms with Gasteiger partial charge < -0.3 is 80.9 Å². The van der Waals surface area contributed by atoms with Crippen molar-refractivity contribution in [1.29, 1.82) is 0 Å². The molecule has 0 amide bonds. The summed E-state index contributed by atoms with van der Waals surface area (Å²) in [5.41, 5.74) is 37.8. The Morgan fingerprint density at radius 1 is 0.372 bits per heavy atom. The number of methoxy groups -OCH3 is 4. The maximum Gasteiger partial charge on any atom is 0.182 e. The summed E-state index contributed by atoms with van der Waals surface area (Å²) in [6, 6.07) is 17.0. The lowest BCUT2D eigenvalue weighted by molar-refractivity contribution is 0.000473. The zero-order chi connectivity index (χ0) is 68.9. The summed E-state index contributed by atoms with van der Waals surface area (Å²) in [5.74, 6) is 6.32. The summed E-state index contributed by atoms with van der Waals surface area (Å²) in [6.45, 7) is 37.2. The molecule has 6 aromatic carbocycles. The Hall–Kier alpha value is -9.20. The summed E-state index contributed by atoms with van der Waals surface area (Å²) >= 11 is 0. The largest absolute Gasteiger partial charge is 0.493 e. The van der Waals surface area contributed by atoms with Gasteiger partial charge in [0.25, 0.3) is 0 Å². The van der Waals surface area contributed by atoms with Crippen molar-refractivity contribution in [1.82, 2.24) is 0 Å². The Labute approximate surface area is 551 Å². The van der Waals surface area contributed by atoms with Gasteiger partial charge in [0.15, 0.2) is 92.3 Å². The van der Waals surface area contributed by atoms with Gasteiger partial charge in [-0.25, -0.2) is 0 Å². The van der Waals surface area contributed by atoms with Crippen LogP contribution in [0.4, 0.5) is 0 Å². The highest BCUT2D eigenvalue weighted by Gasteiger charge is 2.59. The predicted octanol–water partition coefficient (Wildman–Crippen LogP) is 14.8. The first-order valence-corrected chi connectivity index (χ1v) is 31.8. The number of nitrogens with two attached hydrogens (primary N) is 4. The smallest absolute Gasteiger partial charge is 0.182 e. The van der Waals surface area contributed by atoms with Crippen molar-refractivity contribution in [2.24, 2.45) is 43.6 Å². The highest BCUT2D eigenvalue weighted by Crippen LogP contribution is 2.68. The van der Waals surface area contributed by atoms with E-state index >= 15 is 0 Å². The minimum absolute atomic E-state index is 0.118. The molecule has 0 radical (unpaired) electrons. The average Bonchev–Trinajstić information content (AvgIpc) is 1.51. The number of benzene rings is 6. The van der Waals surface area contributed by atoms with Crippen molar-refractivity contribution < 1.29 is 58.0 Å². The number of hydrogen-bond donors (Lipinski definition) is 6. The Balaban J connectivity index is 0.000000194. The van der Waals surface area contributed by atoms with Crippen LogP contribution in [0.15, 0.2) is 69.2 Å². The molecule has 4 aliphatic carbocycles. The van der Waals surface area contributed by atoms with E-state index in [9.17, 15) is 10.4 Å². The van der Waals surface area contributed by atoms with E-state index < -0.39 is 11.2 Å². The van der Waals surface area contributed by atoms with Crippen molar-refractivity contribution in [3.63, 3.8) is 0 Å². The fourth-order valence-corrected chi connectivity index (χ4v) is 16.1. The summed E-state index contributed by atoms with van der Waals surface area (Å²) in [6.07, 6.45) is 3.58. The van der Waals surface area contributed by atoms with E-state index in [0.29, 0.717) is 79.4 Å². The van der Waals surface area contributed by atoms with Crippen LogP contribution in [-0.4, -0.2) is 73.4 Å².